The first-order chi connectivity index (χ1) is 14.9. The molecular formula is C25H37NO5. The zero-order valence-corrected chi connectivity index (χ0v) is 19.5. The first kappa shape index (κ1) is 21.6. The second-order valence-corrected chi connectivity index (χ2v) is 10.6. The molecule has 2 spiro atoms. The van der Waals surface area contributed by atoms with E-state index >= 15 is 0 Å². The highest BCUT2D eigenvalue weighted by molar-refractivity contribution is 6.01. The molecule has 6 atom stereocenters. The van der Waals surface area contributed by atoms with Gasteiger partial charge in [-0.25, -0.2) is 0 Å². The van der Waals surface area contributed by atoms with Crippen molar-refractivity contribution in [1.29, 1.82) is 0 Å². The molecule has 0 radical (unpaired) electrons. The number of rotatable bonds is 4. The predicted octanol–water partition coefficient (Wildman–Crippen LogP) is 3.35. The van der Waals surface area contributed by atoms with E-state index < -0.39 is 5.79 Å². The predicted molar refractivity (Wildman–Crippen MR) is 115 cm³/mol. The van der Waals surface area contributed by atoms with Gasteiger partial charge in [-0.2, -0.15) is 0 Å². The maximum Gasteiger partial charge on any atom is 0.309 e. The van der Waals surface area contributed by atoms with Crippen molar-refractivity contribution in [2.75, 3.05) is 40.5 Å². The number of piperidine rings is 1. The Morgan fingerprint density at radius 2 is 2.10 bits per heavy atom. The van der Waals surface area contributed by atoms with Gasteiger partial charge in [-0.1, -0.05) is 12.5 Å². The molecule has 2 saturated heterocycles. The summed E-state index contributed by atoms with van der Waals surface area (Å²) in [7, 11) is 3.68. The highest BCUT2D eigenvalue weighted by Gasteiger charge is 2.70. The number of likely N-dealkylation sites (tertiary alicyclic amines) is 1. The van der Waals surface area contributed by atoms with E-state index in [9.17, 15) is 9.59 Å². The number of hydrogen-bond donors (Lipinski definition) is 0. The van der Waals surface area contributed by atoms with Crippen LogP contribution in [0, 0.1) is 28.6 Å². The third-order valence-corrected chi connectivity index (χ3v) is 9.55. The lowest BCUT2D eigenvalue weighted by atomic mass is 9.50. The van der Waals surface area contributed by atoms with Gasteiger partial charge < -0.3 is 19.1 Å². The second kappa shape index (κ2) is 7.39. The topological polar surface area (TPSA) is 65.1 Å². The van der Waals surface area contributed by atoms with Crippen LogP contribution in [0.3, 0.4) is 0 Å². The van der Waals surface area contributed by atoms with Gasteiger partial charge in [0.15, 0.2) is 11.6 Å². The molecule has 31 heavy (non-hydrogen) atoms. The number of carbonyl (C=O) groups is 2. The van der Waals surface area contributed by atoms with Crippen LogP contribution in [-0.2, 0) is 23.8 Å². The lowest BCUT2D eigenvalue weighted by Crippen LogP contribution is -2.64. The first-order valence-corrected chi connectivity index (χ1v) is 12.2. The zero-order chi connectivity index (χ0) is 22.0. The lowest BCUT2D eigenvalue weighted by molar-refractivity contribution is -0.302. The normalized spacial score (nSPS) is 44.5. The maximum atomic E-state index is 13.1. The van der Waals surface area contributed by atoms with Gasteiger partial charge >= 0.3 is 5.97 Å². The highest BCUT2D eigenvalue weighted by Crippen LogP contribution is 2.71. The van der Waals surface area contributed by atoms with E-state index in [-0.39, 0.29) is 34.4 Å². The number of nitrogens with zero attached hydrogens (tertiary/aromatic N) is 1. The molecule has 0 aromatic carbocycles. The largest absolute Gasteiger partial charge is 0.469 e. The van der Waals surface area contributed by atoms with Crippen molar-refractivity contribution in [2.24, 2.45) is 28.6 Å². The van der Waals surface area contributed by atoms with Crippen LogP contribution < -0.4 is 0 Å². The van der Waals surface area contributed by atoms with Gasteiger partial charge in [-0.3, -0.25) is 9.59 Å². The minimum Gasteiger partial charge on any atom is -0.469 e. The third-order valence-electron chi connectivity index (χ3n) is 9.55. The van der Waals surface area contributed by atoms with Gasteiger partial charge in [-0.05, 0) is 57.6 Å². The summed E-state index contributed by atoms with van der Waals surface area (Å²) in [6, 6.07) is 0. The molecule has 5 rings (SSSR count). The van der Waals surface area contributed by atoms with Crippen LogP contribution in [0.25, 0.3) is 0 Å². The molecule has 2 bridgehead atoms. The fourth-order valence-corrected chi connectivity index (χ4v) is 8.29. The van der Waals surface area contributed by atoms with Crippen LogP contribution in [0.5, 0.6) is 0 Å². The first-order valence-electron chi connectivity index (χ1n) is 12.2. The number of Topliss-reactive ketones (excluding diaryl/α,β-unsaturated/α-hetero) is 1. The van der Waals surface area contributed by atoms with Crippen molar-refractivity contribution < 1.29 is 23.8 Å². The van der Waals surface area contributed by atoms with E-state index in [2.05, 4.69) is 18.9 Å². The van der Waals surface area contributed by atoms with Gasteiger partial charge in [-0.15, -0.1) is 0 Å². The quantitative estimate of drug-likeness (QED) is 0.636. The molecule has 0 unspecified atom stereocenters. The Morgan fingerprint density at radius 3 is 2.74 bits per heavy atom. The summed E-state index contributed by atoms with van der Waals surface area (Å²) in [4.78, 5) is 28.4. The summed E-state index contributed by atoms with van der Waals surface area (Å²) in [5, 5.41) is 0. The molecule has 0 N–H and O–H groups in total. The number of hydrogen-bond acceptors (Lipinski definition) is 6. The standard InChI is InChI=1S/C25H37NO5/c1-5-25(30-6-2)10-9-23(15-31-25)16-7-8-17-20(27)11-18-19(22(28)29-4)12-24(23,21(17)18)14-26(3)13-16/h16,18-19H,5-15H2,1-4H3/t16-,18+,19+,23+,24-,25+/m0/s1. The number of ketones is 1. The van der Waals surface area contributed by atoms with Gasteiger partial charge in [0.1, 0.15) is 0 Å². The van der Waals surface area contributed by atoms with Gasteiger partial charge in [0.05, 0.1) is 19.6 Å². The Labute approximate surface area is 185 Å². The molecule has 2 heterocycles. The minimum atomic E-state index is -0.494. The monoisotopic (exact) mass is 431 g/mol. The van der Waals surface area contributed by atoms with E-state index in [1.165, 1.54) is 12.7 Å². The van der Waals surface area contributed by atoms with Crippen molar-refractivity contribution in [3.63, 3.8) is 0 Å². The molecule has 0 amide bonds. The van der Waals surface area contributed by atoms with Gasteiger partial charge in [0.25, 0.3) is 0 Å². The fourth-order valence-electron chi connectivity index (χ4n) is 8.29. The number of allylic oxidation sites excluding steroid dienone is 1. The van der Waals surface area contributed by atoms with E-state index in [4.69, 9.17) is 14.2 Å². The number of carbonyl (C=O) groups excluding carboxylic acids is 2. The van der Waals surface area contributed by atoms with E-state index in [0.717, 1.165) is 57.2 Å². The summed E-state index contributed by atoms with van der Waals surface area (Å²) in [6.07, 6.45) is 5.90. The van der Waals surface area contributed by atoms with Crippen molar-refractivity contribution in [2.45, 2.75) is 64.6 Å². The van der Waals surface area contributed by atoms with Crippen molar-refractivity contribution in [3.8, 4) is 0 Å². The van der Waals surface area contributed by atoms with Crippen molar-refractivity contribution >= 4 is 11.8 Å². The van der Waals surface area contributed by atoms with Crippen LogP contribution in [-0.4, -0.2) is 62.9 Å². The van der Waals surface area contributed by atoms with Crippen LogP contribution in [0.15, 0.2) is 11.1 Å². The van der Waals surface area contributed by atoms with E-state index in [1.54, 1.807) is 0 Å². The summed E-state index contributed by atoms with van der Waals surface area (Å²) in [5.74, 6) is -0.116. The maximum absolute atomic E-state index is 13.1. The van der Waals surface area contributed by atoms with E-state index in [0.29, 0.717) is 25.6 Å². The average molecular weight is 432 g/mol. The Morgan fingerprint density at radius 1 is 1.29 bits per heavy atom. The van der Waals surface area contributed by atoms with Gasteiger partial charge in [0.2, 0.25) is 0 Å². The summed E-state index contributed by atoms with van der Waals surface area (Å²) in [5.41, 5.74) is 2.13. The molecule has 6 nitrogen and oxygen atoms in total. The highest BCUT2D eigenvalue weighted by atomic mass is 16.7. The average Bonchev–Trinajstić information content (AvgIpc) is 3.23. The minimum absolute atomic E-state index is 0.0156. The fraction of sp³-hybridized carbons (Fsp3) is 0.840. The SMILES string of the molecule is CCO[C@@]1(CC)CC[C@@]2(CO1)[C@H]1CCC3=C4[C@H](CC3=O)[C@H](C(=O)OC)C[C@]42CN(C)C1. The lowest BCUT2D eigenvalue weighted by Gasteiger charge is -2.62. The van der Waals surface area contributed by atoms with Crippen molar-refractivity contribution in [1.82, 2.24) is 4.90 Å². The molecule has 0 aromatic rings. The molecule has 3 fully saturated rings. The molecule has 2 aliphatic heterocycles. The molecule has 6 heteroatoms. The molecule has 5 aliphatic rings. The van der Waals surface area contributed by atoms with Crippen LogP contribution in [0.2, 0.25) is 0 Å². The summed E-state index contributed by atoms with van der Waals surface area (Å²) >= 11 is 0. The Balaban J connectivity index is 1.63. The summed E-state index contributed by atoms with van der Waals surface area (Å²) < 4.78 is 18.0. The number of ether oxygens (including phenoxy) is 3. The number of methoxy groups -OCH3 is 1. The second-order valence-electron chi connectivity index (χ2n) is 10.6. The van der Waals surface area contributed by atoms with Crippen molar-refractivity contribution in [3.05, 3.63) is 11.1 Å². The Bertz CT molecular complexity index is 811. The molecule has 172 valence electrons. The molecule has 3 aliphatic carbocycles. The smallest absolute Gasteiger partial charge is 0.309 e. The van der Waals surface area contributed by atoms with Gasteiger partial charge in [0, 0.05) is 49.3 Å². The molecule has 0 aromatic heterocycles. The van der Waals surface area contributed by atoms with Crippen LogP contribution >= 0.6 is 0 Å². The summed E-state index contributed by atoms with van der Waals surface area (Å²) in [6.45, 7) is 7.41. The van der Waals surface area contributed by atoms with Crippen LogP contribution in [0.1, 0.15) is 58.8 Å². The zero-order valence-electron chi connectivity index (χ0n) is 19.5. The third kappa shape index (κ3) is 2.80. The molecule has 1 saturated carbocycles. The van der Waals surface area contributed by atoms with Crippen LogP contribution in [0.4, 0.5) is 0 Å². The Kier molecular flexibility index (Phi) is 5.15. The van der Waals surface area contributed by atoms with E-state index in [1.807, 2.05) is 6.92 Å². The Hall–Kier alpha value is -1.24. The molecular weight excluding hydrogens is 394 g/mol. The number of esters is 1.